The van der Waals surface area contributed by atoms with Crippen LogP contribution in [0, 0.1) is 5.82 Å². The van der Waals surface area contributed by atoms with E-state index in [1.165, 1.54) is 11.0 Å². The van der Waals surface area contributed by atoms with Gasteiger partial charge >= 0.3 is 6.03 Å². The Kier molecular flexibility index (Phi) is 3.47. The predicted molar refractivity (Wildman–Crippen MR) is 98.5 cm³/mol. The molecule has 1 saturated heterocycles. The summed E-state index contributed by atoms with van der Waals surface area (Å²) in [4.78, 5) is 29.5. The minimum absolute atomic E-state index is 0.0802. The van der Waals surface area contributed by atoms with Gasteiger partial charge in [0.2, 0.25) is 5.91 Å². The average molecular weight is 361 g/mol. The van der Waals surface area contributed by atoms with E-state index in [1.54, 1.807) is 18.3 Å². The molecular formula is C21H16FN3O2. The monoisotopic (exact) mass is 361 g/mol. The molecule has 1 saturated carbocycles. The average Bonchev–Trinajstić information content (AvgIpc) is 3.40. The zero-order chi connectivity index (χ0) is 18.5. The first kappa shape index (κ1) is 15.9. The summed E-state index contributed by atoms with van der Waals surface area (Å²) < 4.78 is 14.0. The van der Waals surface area contributed by atoms with Gasteiger partial charge in [-0.3, -0.25) is 14.7 Å². The van der Waals surface area contributed by atoms with Gasteiger partial charge in [0.1, 0.15) is 5.82 Å². The van der Waals surface area contributed by atoms with Crippen molar-refractivity contribution >= 4 is 22.7 Å². The van der Waals surface area contributed by atoms with E-state index in [0.29, 0.717) is 5.39 Å². The molecule has 2 atom stereocenters. The second-order valence-electron chi connectivity index (χ2n) is 6.95. The molecule has 5 nitrogen and oxygen atoms in total. The number of hydrogen-bond acceptors (Lipinski definition) is 3. The lowest BCUT2D eigenvalue weighted by Gasteiger charge is -2.12. The van der Waals surface area contributed by atoms with E-state index in [0.717, 1.165) is 28.6 Å². The van der Waals surface area contributed by atoms with Gasteiger partial charge in [-0.1, -0.05) is 30.3 Å². The van der Waals surface area contributed by atoms with Gasteiger partial charge in [0.05, 0.1) is 12.2 Å². The molecular weight excluding hydrogens is 345 g/mol. The molecule has 2 aliphatic rings. The van der Waals surface area contributed by atoms with E-state index >= 15 is 0 Å². The Morgan fingerprint density at radius 2 is 1.85 bits per heavy atom. The van der Waals surface area contributed by atoms with E-state index in [2.05, 4.69) is 10.3 Å². The van der Waals surface area contributed by atoms with Gasteiger partial charge in [-0.05, 0) is 35.6 Å². The Labute approximate surface area is 154 Å². The SMILES string of the molecule is O=C1CNC(=O)N1C1CC1c1ccc(-c2ccc(F)c3ccccc23)nc1. The zero-order valence-corrected chi connectivity index (χ0v) is 14.4. The van der Waals surface area contributed by atoms with Crippen LogP contribution in [0.4, 0.5) is 9.18 Å². The maximum absolute atomic E-state index is 14.0. The molecule has 3 aromatic rings. The third-order valence-electron chi connectivity index (χ3n) is 5.33. The summed E-state index contributed by atoms with van der Waals surface area (Å²) in [5.74, 6) is -0.292. The summed E-state index contributed by atoms with van der Waals surface area (Å²) in [6, 6.07) is 14.0. The minimum atomic E-state index is -0.310. The molecule has 0 spiro atoms. The van der Waals surface area contributed by atoms with E-state index in [-0.39, 0.29) is 36.3 Å². The number of urea groups is 1. The predicted octanol–water partition coefficient (Wildman–Crippen LogP) is 3.45. The summed E-state index contributed by atoms with van der Waals surface area (Å²) >= 11 is 0. The van der Waals surface area contributed by atoms with Crippen LogP contribution in [0.2, 0.25) is 0 Å². The van der Waals surface area contributed by atoms with Crippen LogP contribution >= 0.6 is 0 Å². The maximum Gasteiger partial charge on any atom is 0.324 e. The van der Waals surface area contributed by atoms with Crippen molar-refractivity contribution in [1.82, 2.24) is 15.2 Å². The normalized spacial score (nSPS) is 21.6. The fourth-order valence-corrected chi connectivity index (χ4v) is 3.87. The quantitative estimate of drug-likeness (QED) is 0.727. The van der Waals surface area contributed by atoms with Crippen molar-refractivity contribution in [3.8, 4) is 11.3 Å². The largest absolute Gasteiger partial charge is 0.329 e. The molecule has 2 heterocycles. The van der Waals surface area contributed by atoms with Crippen LogP contribution in [0.25, 0.3) is 22.0 Å². The van der Waals surface area contributed by atoms with Crippen LogP contribution in [0.3, 0.4) is 0 Å². The van der Waals surface area contributed by atoms with Crippen molar-refractivity contribution in [2.24, 2.45) is 0 Å². The number of hydrogen-bond donors (Lipinski definition) is 1. The van der Waals surface area contributed by atoms with Gasteiger partial charge in [-0.15, -0.1) is 0 Å². The Hall–Kier alpha value is -3.28. The van der Waals surface area contributed by atoms with Crippen LogP contribution in [0.5, 0.6) is 0 Å². The number of benzene rings is 2. The molecule has 1 aliphatic carbocycles. The van der Waals surface area contributed by atoms with Crippen LogP contribution in [-0.2, 0) is 4.79 Å². The van der Waals surface area contributed by atoms with Gasteiger partial charge in [0, 0.05) is 29.1 Å². The smallest absolute Gasteiger partial charge is 0.324 e. The van der Waals surface area contributed by atoms with Crippen molar-refractivity contribution in [1.29, 1.82) is 0 Å². The topological polar surface area (TPSA) is 62.3 Å². The van der Waals surface area contributed by atoms with Crippen molar-refractivity contribution in [2.75, 3.05) is 6.54 Å². The second kappa shape index (κ2) is 5.87. The third-order valence-corrected chi connectivity index (χ3v) is 5.33. The molecule has 1 aliphatic heterocycles. The summed E-state index contributed by atoms with van der Waals surface area (Å²) in [6.45, 7) is 0.0802. The number of nitrogens with zero attached hydrogens (tertiary/aromatic N) is 2. The minimum Gasteiger partial charge on any atom is -0.329 e. The number of amides is 3. The van der Waals surface area contributed by atoms with Crippen molar-refractivity contribution in [3.05, 3.63) is 66.1 Å². The lowest BCUT2D eigenvalue weighted by molar-refractivity contribution is -0.125. The van der Waals surface area contributed by atoms with Crippen molar-refractivity contribution in [3.63, 3.8) is 0 Å². The summed E-state index contributed by atoms with van der Waals surface area (Å²) in [5.41, 5.74) is 2.64. The molecule has 134 valence electrons. The molecule has 1 aromatic heterocycles. The van der Waals surface area contributed by atoms with E-state index in [4.69, 9.17) is 0 Å². The number of halogens is 1. The maximum atomic E-state index is 14.0. The number of aromatic nitrogens is 1. The van der Waals surface area contributed by atoms with Gasteiger partial charge in [-0.25, -0.2) is 9.18 Å². The Morgan fingerprint density at radius 3 is 2.56 bits per heavy atom. The number of carbonyl (C=O) groups is 2. The Morgan fingerprint density at radius 1 is 1.04 bits per heavy atom. The molecule has 6 heteroatoms. The highest BCUT2D eigenvalue weighted by Crippen LogP contribution is 2.45. The number of pyridine rings is 1. The van der Waals surface area contributed by atoms with Gasteiger partial charge in [-0.2, -0.15) is 0 Å². The molecule has 2 aromatic carbocycles. The second-order valence-corrected chi connectivity index (χ2v) is 6.95. The summed E-state index contributed by atoms with van der Waals surface area (Å²) in [6.07, 6.45) is 2.55. The number of rotatable bonds is 3. The van der Waals surface area contributed by atoms with E-state index in [1.807, 2.05) is 30.3 Å². The first-order chi connectivity index (χ1) is 13.1. The van der Waals surface area contributed by atoms with Crippen LogP contribution in [0.15, 0.2) is 54.7 Å². The molecule has 1 N–H and O–H groups in total. The third kappa shape index (κ3) is 2.56. The Balaban J connectivity index is 1.43. The summed E-state index contributed by atoms with van der Waals surface area (Å²) in [7, 11) is 0. The lowest BCUT2D eigenvalue weighted by atomic mass is 10.0. The first-order valence-electron chi connectivity index (χ1n) is 8.87. The lowest BCUT2D eigenvalue weighted by Crippen LogP contribution is -2.33. The van der Waals surface area contributed by atoms with Crippen LogP contribution in [0.1, 0.15) is 17.9 Å². The van der Waals surface area contributed by atoms with Crippen LogP contribution in [-0.4, -0.2) is 34.4 Å². The fourth-order valence-electron chi connectivity index (χ4n) is 3.87. The van der Waals surface area contributed by atoms with Crippen molar-refractivity contribution in [2.45, 2.75) is 18.4 Å². The highest BCUT2D eigenvalue weighted by atomic mass is 19.1. The molecule has 2 unspecified atom stereocenters. The molecule has 2 fully saturated rings. The van der Waals surface area contributed by atoms with Gasteiger partial charge in [0.15, 0.2) is 0 Å². The number of fused-ring (bicyclic) bond motifs is 1. The van der Waals surface area contributed by atoms with Crippen LogP contribution < -0.4 is 5.32 Å². The number of imide groups is 1. The highest BCUT2D eigenvalue weighted by Gasteiger charge is 2.49. The first-order valence-corrected chi connectivity index (χ1v) is 8.87. The van der Waals surface area contributed by atoms with Crippen molar-refractivity contribution < 1.29 is 14.0 Å². The summed E-state index contributed by atoms with van der Waals surface area (Å²) in [5, 5.41) is 3.95. The number of nitrogens with one attached hydrogen (secondary N) is 1. The van der Waals surface area contributed by atoms with Gasteiger partial charge < -0.3 is 5.32 Å². The molecule has 0 radical (unpaired) electrons. The standard InChI is InChI=1S/C21H16FN3O2/c22-17-7-6-15(13-3-1-2-4-14(13)17)18-8-5-12(10-23-18)16-9-19(16)25-20(26)11-24-21(25)27/h1-8,10,16,19H,9,11H2,(H,24,27). The van der Waals surface area contributed by atoms with E-state index in [9.17, 15) is 14.0 Å². The molecule has 3 amide bonds. The molecule has 27 heavy (non-hydrogen) atoms. The van der Waals surface area contributed by atoms with E-state index < -0.39 is 0 Å². The highest BCUT2D eigenvalue weighted by molar-refractivity contribution is 6.02. The zero-order valence-electron chi connectivity index (χ0n) is 14.4. The Bertz CT molecular complexity index is 1060. The fraction of sp³-hybridized carbons (Fsp3) is 0.190. The van der Waals surface area contributed by atoms with Gasteiger partial charge in [0.25, 0.3) is 0 Å². The molecule has 0 bridgehead atoms. The molecule has 5 rings (SSSR count). The number of carbonyl (C=O) groups excluding carboxylic acids is 2.